The summed E-state index contributed by atoms with van der Waals surface area (Å²) >= 11 is 5.82. The molecule has 0 aliphatic rings. The second-order valence-electron chi connectivity index (χ2n) is 4.39. The van der Waals surface area contributed by atoms with Gasteiger partial charge in [-0.05, 0) is 42.0 Å². The Kier molecular flexibility index (Phi) is 3.48. The summed E-state index contributed by atoms with van der Waals surface area (Å²) in [5, 5.41) is 3.61. The third kappa shape index (κ3) is 2.86. The van der Waals surface area contributed by atoms with Crippen LogP contribution in [0.3, 0.4) is 0 Å². The maximum Gasteiger partial charge on any atom is 0.125 e. The number of rotatable bonds is 3. The average Bonchev–Trinajstić information content (AvgIpc) is 2.44. The Morgan fingerprint density at radius 1 is 1.00 bits per heavy atom. The van der Waals surface area contributed by atoms with Crippen LogP contribution in [-0.2, 0) is 6.54 Å². The zero-order chi connectivity index (χ0) is 13.9. The number of nitrogens with one attached hydrogen (secondary N) is 1. The molecule has 0 saturated heterocycles. The Morgan fingerprint density at radius 2 is 1.80 bits per heavy atom. The maximum atomic E-state index is 13.2. The first-order valence-electron chi connectivity index (χ1n) is 6.10. The first-order valence-corrected chi connectivity index (χ1v) is 6.48. The minimum atomic E-state index is -0.335. The lowest BCUT2D eigenvalue weighted by Crippen LogP contribution is -2.00. The van der Waals surface area contributed by atoms with E-state index >= 15 is 0 Å². The summed E-state index contributed by atoms with van der Waals surface area (Å²) in [6.45, 7) is 0.489. The van der Waals surface area contributed by atoms with Crippen LogP contribution in [0, 0.1) is 5.82 Å². The van der Waals surface area contributed by atoms with Crippen LogP contribution in [0.5, 0.6) is 0 Å². The van der Waals surface area contributed by atoms with E-state index in [1.165, 1.54) is 12.1 Å². The minimum Gasteiger partial charge on any atom is -0.381 e. The second-order valence-corrected chi connectivity index (χ2v) is 4.83. The highest BCUT2D eigenvalue weighted by atomic mass is 35.5. The Hall–Kier alpha value is -2.20. The number of nitrogens with zero attached hydrogens (tertiary/aromatic N) is 2. The molecule has 0 radical (unpaired) electrons. The van der Waals surface area contributed by atoms with E-state index in [9.17, 15) is 4.39 Å². The molecule has 0 spiro atoms. The molecule has 0 atom stereocenters. The number of anilines is 1. The van der Waals surface area contributed by atoms with Gasteiger partial charge in [-0.15, -0.1) is 0 Å². The molecular weight excluding hydrogens is 277 g/mol. The number of halogens is 2. The molecule has 3 rings (SSSR count). The first kappa shape index (κ1) is 12.8. The van der Waals surface area contributed by atoms with Crippen LogP contribution in [0.25, 0.3) is 11.0 Å². The van der Waals surface area contributed by atoms with Crippen molar-refractivity contribution in [2.45, 2.75) is 6.54 Å². The van der Waals surface area contributed by atoms with E-state index in [1.807, 2.05) is 18.2 Å². The van der Waals surface area contributed by atoms with Gasteiger partial charge in [-0.2, -0.15) is 0 Å². The summed E-state index contributed by atoms with van der Waals surface area (Å²) in [5.74, 6) is -0.335. The zero-order valence-corrected chi connectivity index (χ0v) is 11.2. The number of hydrogen-bond donors (Lipinski definition) is 1. The fourth-order valence-corrected chi connectivity index (χ4v) is 2.23. The molecule has 3 nitrogen and oxygen atoms in total. The lowest BCUT2D eigenvalue weighted by atomic mass is 10.2. The third-order valence-electron chi connectivity index (χ3n) is 2.89. The monoisotopic (exact) mass is 287 g/mol. The van der Waals surface area contributed by atoms with Gasteiger partial charge >= 0.3 is 0 Å². The standard InChI is InChI=1S/C15H11ClFN3/c16-11-5-10(6-12(17)7-11)9-20-13-1-2-14-15(8-13)19-4-3-18-14/h1-8,20H,9H2. The summed E-state index contributed by atoms with van der Waals surface area (Å²) in [7, 11) is 0. The van der Waals surface area contributed by atoms with Crippen LogP contribution < -0.4 is 5.32 Å². The van der Waals surface area contributed by atoms with Crippen LogP contribution >= 0.6 is 11.6 Å². The number of aromatic nitrogens is 2. The van der Waals surface area contributed by atoms with Gasteiger partial charge in [0.05, 0.1) is 11.0 Å². The zero-order valence-electron chi connectivity index (χ0n) is 10.5. The van der Waals surface area contributed by atoms with Gasteiger partial charge in [-0.3, -0.25) is 9.97 Å². The van der Waals surface area contributed by atoms with E-state index in [-0.39, 0.29) is 5.82 Å². The molecule has 0 aliphatic carbocycles. The van der Waals surface area contributed by atoms with Crippen molar-refractivity contribution in [3.05, 3.63) is 65.2 Å². The normalized spacial score (nSPS) is 10.7. The molecular formula is C15H11ClFN3. The molecule has 0 bridgehead atoms. The van der Waals surface area contributed by atoms with Gasteiger partial charge in [-0.1, -0.05) is 11.6 Å². The molecule has 20 heavy (non-hydrogen) atoms. The average molecular weight is 288 g/mol. The fraction of sp³-hybridized carbons (Fsp3) is 0.0667. The van der Waals surface area contributed by atoms with Gasteiger partial charge in [0.1, 0.15) is 5.82 Å². The predicted molar refractivity (Wildman–Crippen MR) is 78.3 cm³/mol. The van der Waals surface area contributed by atoms with E-state index in [0.29, 0.717) is 11.6 Å². The van der Waals surface area contributed by atoms with Gasteiger partial charge in [0.25, 0.3) is 0 Å². The maximum absolute atomic E-state index is 13.2. The largest absolute Gasteiger partial charge is 0.381 e. The molecule has 0 fully saturated rings. The van der Waals surface area contributed by atoms with Crippen LogP contribution in [0.1, 0.15) is 5.56 Å². The van der Waals surface area contributed by atoms with E-state index in [0.717, 1.165) is 22.3 Å². The summed E-state index contributed by atoms with van der Waals surface area (Å²) in [6.07, 6.45) is 3.31. The van der Waals surface area contributed by atoms with Crippen molar-refractivity contribution in [2.24, 2.45) is 0 Å². The van der Waals surface area contributed by atoms with Crippen molar-refractivity contribution >= 4 is 28.3 Å². The fourth-order valence-electron chi connectivity index (χ4n) is 1.99. The van der Waals surface area contributed by atoms with E-state index in [4.69, 9.17) is 11.6 Å². The van der Waals surface area contributed by atoms with Gasteiger partial charge in [-0.25, -0.2) is 4.39 Å². The molecule has 1 aromatic heterocycles. The molecule has 0 aliphatic heterocycles. The van der Waals surface area contributed by atoms with Crippen molar-refractivity contribution in [2.75, 3.05) is 5.32 Å². The SMILES string of the molecule is Fc1cc(Cl)cc(CNc2ccc3nccnc3c2)c1. The summed E-state index contributed by atoms with van der Waals surface area (Å²) < 4.78 is 13.2. The van der Waals surface area contributed by atoms with Crippen LogP contribution in [-0.4, -0.2) is 9.97 Å². The highest BCUT2D eigenvalue weighted by molar-refractivity contribution is 6.30. The lowest BCUT2D eigenvalue weighted by molar-refractivity contribution is 0.626. The second kappa shape index (κ2) is 5.43. The van der Waals surface area contributed by atoms with Crippen molar-refractivity contribution in [3.8, 4) is 0 Å². The summed E-state index contributed by atoms with van der Waals surface area (Å²) in [4.78, 5) is 8.45. The van der Waals surface area contributed by atoms with E-state index in [2.05, 4.69) is 15.3 Å². The Bertz CT molecular complexity index is 741. The first-order chi connectivity index (χ1) is 9.70. The Balaban J connectivity index is 1.79. The quantitative estimate of drug-likeness (QED) is 0.790. The molecule has 0 saturated carbocycles. The van der Waals surface area contributed by atoms with Gasteiger partial charge < -0.3 is 5.32 Å². The summed E-state index contributed by atoms with van der Waals surface area (Å²) in [6, 6.07) is 10.2. The van der Waals surface area contributed by atoms with Crippen LogP contribution in [0.15, 0.2) is 48.8 Å². The highest BCUT2D eigenvalue weighted by Gasteiger charge is 2.01. The summed E-state index contributed by atoms with van der Waals surface area (Å²) in [5.41, 5.74) is 3.34. The van der Waals surface area contributed by atoms with Crippen molar-refractivity contribution in [1.29, 1.82) is 0 Å². The molecule has 5 heteroatoms. The van der Waals surface area contributed by atoms with Crippen molar-refractivity contribution in [3.63, 3.8) is 0 Å². The smallest absolute Gasteiger partial charge is 0.125 e. The van der Waals surface area contributed by atoms with Crippen molar-refractivity contribution in [1.82, 2.24) is 9.97 Å². The molecule has 2 aromatic carbocycles. The Labute approximate surface area is 120 Å². The molecule has 100 valence electrons. The third-order valence-corrected chi connectivity index (χ3v) is 3.11. The predicted octanol–water partition coefficient (Wildman–Crippen LogP) is 4.03. The minimum absolute atomic E-state index is 0.335. The van der Waals surface area contributed by atoms with Crippen LogP contribution in [0.2, 0.25) is 5.02 Å². The van der Waals surface area contributed by atoms with Gasteiger partial charge in [0.15, 0.2) is 0 Å². The van der Waals surface area contributed by atoms with Gasteiger partial charge in [0.2, 0.25) is 0 Å². The molecule has 0 amide bonds. The van der Waals surface area contributed by atoms with Gasteiger partial charge in [0, 0.05) is 29.6 Å². The Morgan fingerprint density at radius 3 is 2.60 bits per heavy atom. The molecule has 1 N–H and O–H groups in total. The molecule has 3 aromatic rings. The van der Waals surface area contributed by atoms with E-state index < -0.39 is 0 Å². The highest BCUT2D eigenvalue weighted by Crippen LogP contribution is 2.18. The van der Waals surface area contributed by atoms with Crippen molar-refractivity contribution < 1.29 is 4.39 Å². The van der Waals surface area contributed by atoms with E-state index in [1.54, 1.807) is 18.5 Å². The number of hydrogen-bond acceptors (Lipinski definition) is 3. The topological polar surface area (TPSA) is 37.8 Å². The number of benzene rings is 2. The van der Waals surface area contributed by atoms with Crippen LogP contribution in [0.4, 0.5) is 10.1 Å². The molecule has 1 heterocycles. The lowest BCUT2D eigenvalue weighted by Gasteiger charge is -2.08. The molecule has 0 unspecified atom stereocenters. The number of fused-ring (bicyclic) bond motifs is 1.